The third kappa shape index (κ3) is 3.53. The topological polar surface area (TPSA) is 42.4 Å². The van der Waals surface area contributed by atoms with Crippen molar-refractivity contribution >= 4 is 0 Å². The van der Waals surface area contributed by atoms with E-state index in [0.29, 0.717) is 6.10 Å². The van der Waals surface area contributed by atoms with Crippen molar-refractivity contribution in [3.8, 4) is 0 Å². The van der Waals surface area contributed by atoms with Crippen molar-refractivity contribution in [2.45, 2.75) is 57.7 Å². The van der Waals surface area contributed by atoms with E-state index < -0.39 is 0 Å². The summed E-state index contributed by atoms with van der Waals surface area (Å²) in [5.41, 5.74) is 2.20. The van der Waals surface area contributed by atoms with Crippen molar-refractivity contribution in [1.82, 2.24) is 4.98 Å². The summed E-state index contributed by atoms with van der Waals surface area (Å²) in [6.07, 6.45) is 9.91. The molecule has 0 radical (unpaired) electrons. The average Bonchev–Trinajstić information content (AvgIpc) is 2.91. The van der Waals surface area contributed by atoms with Gasteiger partial charge in [-0.2, -0.15) is 0 Å². The standard InChI is InChI=1S/C15H23NO2/c1-2-12-11-16-9-8-14(12)15(17)7-3-5-13-6-4-10-18-13/h8-9,11,13,15,17H,2-7,10H2,1H3. The van der Waals surface area contributed by atoms with Crippen LogP contribution in [-0.4, -0.2) is 22.8 Å². The molecule has 3 nitrogen and oxygen atoms in total. The van der Waals surface area contributed by atoms with Gasteiger partial charge in [-0.15, -0.1) is 0 Å². The predicted molar refractivity (Wildman–Crippen MR) is 71.4 cm³/mol. The van der Waals surface area contributed by atoms with Gasteiger partial charge in [0.1, 0.15) is 0 Å². The molecule has 0 spiro atoms. The van der Waals surface area contributed by atoms with Crippen molar-refractivity contribution in [3.63, 3.8) is 0 Å². The molecule has 100 valence electrons. The molecule has 1 aliphatic heterocycles. The Morgan fingerprint density at radius 3 is 3.17 bits per heavy atom. The molecule has 2 rings (SSSR count). The van der Waals surface area contributed by atoms with Gasteiger partial charge in [0.05, 0.1) is 12.2 Å². The lowest BCUT2D eigenvalue weighted by Crippen LogP contribution is -2.07. The minimum absolute atomic E-state index is 0.357. The first-order valence-corrected chi connectivity index (χ1v) is 7.03. The lowest BCUT2D eigenvalue weighted by Gasteiger charge is -2.15. The van der Waals surface area contributed by atoms with Crippen LogP contribution in [0.4, 0.5) is 0 Å². The van der Waals surface area contributed by atoms with Crippen LogP contribution in [0.3, 0.4) is 0 Å². The van der Waals surface area contributed by atoms with E-state index in [1.807, 2.05) is 12.3 Å². The second kappa shape index (κ2) is 6.86. The zero-order chi connectivity index (χ0) is 12.8. The van der Waals surface area contributed by atoms with Crippen LogP contribution in [0.5, 0.6) is 0 Å². The lowest BCUT2D eigenvalue weighted by molar-refractivity contribution is 0.0943. The van der Waals surface area contributed by atoms with Gasteiger partial charge in [-0.05, 0) is 55.7 Å². The van der Waals surface area contributed by atoms with Gasteiger partial charge in [0, 0.05) is 19.0 Å². The quantitative estimate of drug-likeness (QED) is 0.842. The van der Waals surface area contributed by atoms with Gasteiger partial charge < -0.3 is 9.84 Å². The summed E-state index contributed by atoms with van der Waals surface area (Å²) in [7, 11) is 0. The Bertz CT molecular complexity index is 361. The molecule has 1 aromatic rings. The predicted octanol–water partition coefficient (Wildman–Crippen LogP) is 3.03. The molecule has 1 fully saturated rings. The largest absolute Gasteiger partial charge is 0.388 e. The minimum atomic E-state index is -0.357. The monoisotopic (exact) mass is 249 g/mol. The number of aliphatic hydroxyl groups excluding tert-OH is 1. The SMILES string of the molecule is CCc1cnccc1C(O)CCCC1CCCO1. The van der Waals surface area contributed by atoms with Gasteiger partial charge >= 0.3 is 0 Å². The maximum absolute atomic E-state index is 10.2. The molecule has 0 aliphatic carbocycles. The van der Waals surface area contributed by atoms with E-state index in [9.17, 15) is 5.11 Å². The summed E-state index contributed by atoms with van der Waals surface area (Å²) in [4.78, 5) is 4.11. The van der Waals surface area contributed by atoms with Crippen molar-refractivity contribution in [1.29, 1.82) is 0 Å². The number of rotatable bonds is 6. The molecule has 0 saturated carbocycles. The zero-order valence-corrected chi connectivity index (χ0v) is 11.1. The maximum atomic E-state index is 10.2. The summed E-state index contributed by atoms with van der Waals surface area (Å²) in [6, 6.07) is 1.94. The van der Waals surface area contributed by atoms with Crippen LogP contribution in [0.25, 0.3) is 0 Å². The van der Waals surface area contributed by atoms with E-state index >= 15 is 0 Å². The highest BCUT2D eigenvalue weighted by molar-refractivity contribution is 5.25. The first kappa shape index (κ1) is 13.5. The first-order valence-electron chi connectivity index (χ1n) is 7.03. The van der Waals surface area contributed by atoms with Crippen molar-refractivity contribution < 1.29 is 9.84 Å². The normalized spacial score (nSPS) is 21.1. The highest BCUT2D eigenvalue weighted by Crippen LogP contribution is 2.25. The second-order valence-corrected chi connectivity index (χ2v) is 5.01. The Hall–Kier alpha value is -0.930. The van der Waals surface area contributed by atoms with Gasteiger partial charge in [0.25, 0.3) is 0 Å². The number of hydrogen-bond donors (Lipinski definition) is 1. The smallest absolute Gasteiger partial charge is 0.0793 e. The number of aryl methyl sites for hydroxylation is 1. The van der Waals surface area contributed by atoms with E-state index in [1.165, 1.54) is 12.8 Å². The average molecular weight is 249 g/mol. The molecule has 1 aromatic heterocycles. The summed E-state index contributed by atoms with van der Waals surface area (Å²) in [6.45, 7) is 3.01. The van der Waals surface area contributed by atoms with E-state index in [2.05, 4.69) is 11.9 Å². The molecular weight excluding hydrogens is 226 g/mol. The van der Waals surface area contributed by atoms with E-state index in [-0.39, 0.29) is 6.10 Å². The first-order chi connectivity index (χ1) is 8.81. The Labute approximate surface area is 109 Å². The van der Waals surface area contributed by atoms with Gasteiger partial charge in [0.15, 0.2) is 0 Å². The third-order valence-corrected chi connectivity index (χ3v) is 3.71. The van der Waals surface area contributed by atoms with Crippen LogP contribution in [0, 0.1) is 0 Å². The fourth-order valence-corrected chi connectivity index (χ4v) is 2.62. The van der Waals surface area contributed by atoms with Crippen LogP contribution >= 0.6 is 0 Å². The summed E-state index contributed by atoms with van der Waals surface area (Å²) in [5, 5.41) is 10.2. The summed E-state index contributed by atoms with van der Waals surface area (Å²) in [5.74, 6) is 0. The van der Waals surface area contributed by atoms with Crippen LogP contribution in [0.2, 0.25) is 0 Å². The number of aromatic nitrogens is 1. The Kier molecular flexibility index (Phi) is 5.14. The van der Waals surface area contributed by atoms with Crippen LogP contribution in [-0.2, 0) is 11.2 Å². The molecule has 2 heterocycles. The van der Waals surface area contributed by atoms with Crippen LogP contribution < -0.4 is 0 Å². The third-order valence-electron chi connectivity index (χ3n) is 3.71. The molecule has 0 bridgehead atoms. The van der Waals surface area contributed by atoms with Gasteiger partial charge in [-0.25, -0.2) is 0 Å². The molecule has 0 amide bonds. The zero-order valence-electron chi connectivity index (χ0n) is 11.1. The molecule has 18 heavy (non-hydrogen) atoms. The van der Waals surface area contributed by atoms with E-state index in [4.69, 9.17) is 4.74 Å². The fraction of sp³-hybridized carbons (Fsp3) is 0.667. The summed E-state index contributed by atoms with van der Waals surface area (Å²) < 4.78 is 5.59. The number of pyridine rings is 1. The maximum Gasteiger partial charge on any atom is 0.0793 e. The number of aliphatic hydroxyl groups is 1. The van der Waals surface area contributed by atoms with Crippen molar-refractivity contribution in [3.05, 3.63) is 29.6 Å². The van der Waals surface area contributed by atoms with E-state index in [1.54, 1.807) is 6.20 Å². The Balaban J connectivity index is 1.81. The van der Waals surface area contributed by atoms with Gasteiger partial charge in [0.2, 0.25) is 0 Å². The molecule has 1 N–H and O–H groups in total. The van der Waals surface area contributed by atoms with Gasteiger partial charge in [-0.1, -0.05) is 6.92 Å². The number of hydrogen-bond acceptors (Lipinski definition) is 3. The minimum Gasteiger partial charge on any atom is -0.388 e. The number of ether oxygens (including phenoxy) is 1. The van der Waals surface area contributed by atoms with Gasteiger partial charge in [-0.3, -0.25) is 4.98 Å². The molecule has 3 heteroatoms. The number of nitrogens with zero attached hydrogens (tertiary/aromatic N) is 1. The fourth-order valence-electron chi connectivity index (χ4n) is 2.62. The molecular formula is C15H23NO2. The molecule has 0 aromatic carbocycles. The van der Waals surface area contributed by atoms with Crippen molar-refractivity contribution in [2.24, 2.45) is 0 Å². The Morgan fingerprint density at radius 2 is 2.44 bits per heavy atom. The molecule has 1 saturated heterocycles. The van der Waals surface area contributed by atoms with Crippen molar-refractivity contribution in [2.75, 3.05) is 6.61 Å². The second-order valence-electron chi connectivity index (χ2n) is 5.01. The highest BCUT2D eigenvalue weighted by atomic mass is 16.5. The van der Waals surface area contributed by atoms with Crippen LogP contribution in [0.1, 0.15) is 56.3 Å². The molecule has 2 unspecified atom stereocenters. The summed E-state index contributed by atoms with van der Waals surface area (Å²) >= 11 is 0. The molecule has 2 atom stereocenters. The molecule has 1 aliphatic rings. The highest BCUT2D eigenvalue weighted by Gasteiger charge is 2.16. The Morgan fingerprint density at radius 1 is 1.56 bits per heavy atom. The lowest BCUT2D eigenvalue weighted by atomic mass is 9.98. The van der Waals surface area contributed by atoms with E-state index in [0.717, 1.165) is 43.4 Å². The van der Waals surface area contributed by atoms with Crippen LogP contribution in [0.15, 0.2) is 18.5 Å².